The lowest BCUT2D eigenvalue weighted by atomic mass is 10.1. The molecule has 0 fully saturated rings. The van der Waals surface area contributed by atoms with Crippen molar-refractivity contribution in [3.05, 3.63) is 62.2 Å². The lowest BCUT2D eigenvalue weighted by molar-refractivity contribution is 0.102. The van der Waals surface area contributed by atoms with Crippen molar-refractivity contribution in [2.24, 2.45) is 0 Å². The number of amides is 1. The smallest absolute Gasteiger partial charge is 0.276 e. The molecular weight excluding hydrogens is 426 g/mol. The molecule has 5 rings (SSSR count). The summed E-state index contributed by atoms with van der Waals surface area (Å²) in [7, 11) is 0. The van der Waals surface area contributed by atoms with Crippen LogP contribution < -0.4 is 14.8 Å². The Morgan fingerprint density at radius 3 is 2.93 bits per heavy atom. The van der Waals surface area contributed by atoms with E-state index in [2.05, 4.69) is 15.3 Å². The molecule has 4 aromatic rings. The molecule has 3 aromatic heterocycles. The number of thiazole rings is 2. The van der Waals surface area contributed by atoms with Crippen molar-refractivity contribution in [1.82, 2.24) is 9.97 Å². The van der Waals surface area contributed by atoms with Crippen molar-refractivity contribution in [3.8, 4) is 22.1 Å². The topological polar surface area (TPSA) is 73.3 Å². The molecule has 6 nitrogen and oxygen atoms in total. The first-order valence-electron chi connectivity index (χ1n) is 8.80. The Hall–Kier alpha value is -2.75. The molecule has 29 heavy (non-hydrogen) atoms. The van der Waals surface area contributed by atoms with Crippen LogP contribution in [0, 0.1) is 6.92 Å². The fourth-order valence-corrected chi connectivity index (χ4v) is 5.44. The van der Waals surface area contributed by atoms with Crippen molar-refractivity contribution in [2.45, 2.75) is 13.3 Å². The molecular formula is C20H15N3O3S3. The van der Waals surface area contributed by atoms with E-state index in [0.717, 1.165) is 44.6 Å². The highest BCUT2D eigenvalue weighted by molar-refractivity contribution is 7.16. The maximum Gasteiger partial charge on any atom is 0.276 e. The predicted octanol–water partition coefficient (Wildman–Crippen LogP) is 5.21. The summed E-state index contributed by atoms with van der Waals surface area (Å²) in [5.41, 5.74) is 3.45. The van der Waals surface area contributed by atoms with Crippen LogP contribution in [0.25, 0.3) is 10.6 Å². The molecule has 4 heterocycles. The minimum Gasteiger partial charge on any atom is -0.454 e. The lowest BCUT2D eigenvalue weighted by Crippen LogP contribution is -2.12. The number of nitrogens with one attached hydrogen (secondary N) is 1. The van der Waals surface area contributed by atoms with Crippen LogP contribution in [0.3, 0.4) is 0 Å². The van der Waals surface area contributed by atoms with E-state index in [1.165, 1.54) is 22.7 Å². The number of fused-ring (bicyclic) bond motifs is 1. The summed E-state index contributed by atoms with van der Waals surface area (Å²) >= 11 is 4.55. The molecule has 0 bridgehead atoms. The summed E-state index contributed by atoms with van der Waals surface area (Å²) in [4.78, 5) is 22.6. The van der Waals surface area contributed by atoms with Gasteiger partial charge in [0.25, 0.3) is 5.91 Å². The van der Waals surface area contributed by atoms with Crippen molar-refractivity contribution in [3.63, 3.8) is 0 Å². The molecule has 0 radical (unpaired) electrons. The van der Waals surface area contributed by atoms with Gasteiger partial charge in [-0.05, 0) is 36.1 Å². The molecule has 0 spiro atoms. The standard InChI is InChI=1S/C20H15N3O3S3/c1-11-17(7-12-2-3-15-16(6-12)26-10-25-15)29-20(21-11)23-18(24)14-9-28-19(22-14)13-4-5-27-8-13/h2-6,8-9H,7,10H2,1H3,(H,21,23,24). The maximum atomic E-state index is 12.6. The molecule has 0 aliphatic carbocycles. The highest BCUT2D eigenvalue weighted by atomic mass is 32.1. The largest absolute Gasteiger partial charge is 0.454 e. The van der Waals surface area contributed by atoms with Gasteiger partial charge < -0.3 is 9.47 Å². The van der Waals surface area contributed by atoms with Gasteiger partial charge in [0.15, 0.2) is 16.6 Å². The first-order valence-corrected chi connectivity index (χ1v) is 11.4. The van der Waals surface area contributed by atoms with Gasteiger partial charge in [-0.25, -0.2) is 9.97 Å². The molecule has 146 valence electrons. The molecule has 1 aliphatic heterocycles. The predicted molar refractivity (Wildman–Crippen MR) is 116 cm³/mol. The fourth-order valence-electron chi connectivity index (χ4n) is 2.94. The molecule has 0 saturated carbocycles. The summed E-state index contributed by atoms with van der Waals surface area (Å²) in [5.74, 6) is 1.29. The molecule has 1 aliphatic rings. The summed E-state index contributed by atoms with van der Waals surface area (Å²) in [5, 5.41) is 10.1. The van der Waals surface area contributed by atoms with Crippen molar-refractivity contribution in [2.75, 3.05) is 12.1 Å². The van der Waals surface area contributed by atoms with Crippen LogP contribution in [0.4, 0.5) is 5.13 Å². The molecule has 0 unspecified atom stereocenters. The van der Waals surface area contributed by atoms with E-state index in [-0.39, 0.29) is 12.7 Å². The van der Waals surface area contributed by atoms with E-state index in [1.54, 1.807) is 16.7 Å². The molecule has 1 amide bonds. The van der Waals surface area contributed by atoms with Gasteiger partial charge in [-0.2, -0.15) is 11.3 Å². The number of ether oxygens (including phenoxy) is 2. The minimum atomic E-state index is -0.244. The zero-order valence-corrected chi connectivity index (χ0v) is 17.7. The van der Waals surface area contributed by atoms with E-state index < -0.39 is 0 Å². The summed E-state index contributed by atoms with van der Waals surface area (Å²) in [6.45, 7) is 2.21. The summed E-state index contributed by atoms with van der Waals surface area (Å²) in [6.07, 6.45) is 0.717. The molecule has 0 saturated heterocycles. The highest BCUT2D eigenvalue weighted by Crippen LogP contribution is 2.34. The normalized spacial score (nSPS) is 12.3. The second kappa shape index (κ2) is 7.58. The third-order valence-electron chi connectivity index (χ3n) is 4.42. The van der Waals surface area contributed by atoms with Gasteiger partial charge in [0.2, 0.25) is 6.79 Å². The Balaban J connectivity index is 1.29. The van der Waals surface area contributed by atoms with Gasteiger partial charge in [-0.1, -0.05) is 6.07 Å². The van der Waals surface area contributed by atoms with Crippen LogP contribution in [0.1, 0.15) is 26.6 Å². The van der Waals surface area contributed by atoms with Gasteiger partial charge in [-0.3, -0.25) is 10.1 Å². The number of carbonyl (C=O) groups excluding carboxylic acids is 1. The zero-order chi connectivity index (χ0) is 19.8. The molecule has 1 aromatic carbocycles. The van der Waals surface area contributed by atoms with E-state index in [1.807, 2.05) is 41.9 Å². The third-order valence-corrected chi connectivity index (χ3v) is 7.07. The Labute approximate surface area is 178 Å². The van der Waals surface area contributed by atoms with Crippen LogP contribution >= 0.6 is 34.0 Å². The highest BCUT2D eigenvalue weighted by Gasteiger charge is 2.17. The van der Waals surface area contributed by atoms with Gasteiger partial charge in [0.05, 0.1) is 5.69 Å². The number of benzene rings is 1. The quantitative estimate of drug-likeness (QED) is 0.460. The van der Waals surface area contributed by atoms with Gasteiger partial charge in [-0.15, -0.1) is 22.7 Å². The zero-order valence-electron chi connectivity index (χ0n) is 15.3. The number of carbonyl (C=O) groups is 1. The Bertz CT molecular complexity index is 1180. The molecule has 9 heteroatoms. The SMILES string of the molecule is Cc1nc(NC(=O)c2csc(-c3ccsc3)n2)sc1Cc1ccc2c(c1)OCO2. The van der Waals surface area contributed by atoms with Crippen LogP contribution in [-0.2, 0) is 6.42 Å². The number of nitrogens with zero attached hydrogens (tertiary/aromatic N) is 2. The van der Waals surface area contributed by atoms with Crippen molar-refractivity contribution >= 4 is 45.0 Å². The number of hydrogen-bond donors (Lipinski definition) is 1. The Morgan fingerprint density at radius 2 is 2.07 bits per heavy atom. The molecule has 1 N–H and O–H groups in total. The van der Waals surface area contributed by atoms with Gasteiger partial charge in [0, 0.05) is 27.6 Å². The number of thiophene rings is 1. The van der Waals surface area contributed by atoms with Crippen molar-refractivity contribution in [1.29, 1.82) is 0 Å². The van der Waals surface area contributed by atoms with Crippen LogP contribution in [0.2, 0.25) is 0 Å². The third kappa shape index (κ3) is 3.76. The van der Waals surface area contributed by atoms with Crippen LogP contribution in [0.5, 0.6) is 11.5 Å². The lowest BCUT2D eigenvalue weighted by Gasteiger charge is -2.02. The Morgan fingerprint density at radius 1 is 1.17 bits per heavy atom. The Kier molecular flexibility index (Phi) is 4.78. The molecule has 0 atom stereocenters. The summed E-state index contributed by atoms with van der Waals surface area (Å²) in [6, 6.07) is 7.93. The second-order valence-corrected chi connectivity index (χ2v) is 9.12. The van der Waals surface area contributed by atoms with E-state index in [9.17, 15) is 4.79 Å². The van der Waals surface area contributed by atoms with Crippen LogP contribution in [-0.4, -0.2) is 22.7 Å². The van der Waals surface area contributed by atoms with E-state index in [0.29, 0.717) is 10.8 Å². The van der Waals surface area contributed by atoms with Crippen molar-refractivity contribution < 1.29 is 14.3 Å². The number of rotatable bonds is 5. The average Bonchev–Trinajstić information content (AvgIpc) is 3.50. The average molecular weight is 442 g/mol. The number of aromatic nitrogens is 2. The van der Waals surface area contributed by atoms with Gasteiger partial charge >= 0.3 is 0 Å². The van der Waals surface area contributed by atoms with E-state index >= 15 is 0 Å². The second-order valence-electron chi connectivity index (χ2n) is 6.40. The van der Waals surface area contributed by atoms with E-state index in [4.69, 9.17) is 9.47 Å². The maximum absolute atomic E-state index is 12.6. The van der Waals surface area contributed by atoms with Gasteiger partial charge in [0.1, 0.15) is 10.7 Å². The van der Waals surface area contributed by atoms with Crippen LogP contribution in [0.15, 0.2) is 40.4 Å². The fraction of sp³-hybridized carbons (Fsp3) is 0.150. The summed E-state index contributed by atoms with van der Waals surface area (Å²) < 4.78 is 10.8. The first kappa shape index (κ1) is 18.3. The monoisotopic (exact) mass is 441 g/mol. The first-order chi connectivity index (χ1) is 14.2. The minimum absolute atomic E-state index is 0.244. The number of anilines is 1. The number of hydrogen-bond acceptors (Lipinski definition) is 8. The number of aryl methyl sites for hydroxylation is 1.